The Morgan fingerprint density at radius 1 is 1.05 bits per heavy atom. The predicted octanol–water partition coefficient (Wildman–Crippen LogP) is 5.48. The second-order valence-electron chi connectivity index (χ2n) is 7.84. The molecule has 0 amide bonds. The third kappa shape index (κ3) is 4.26. The van der Waals surface area contributed by atoms with Crippen molar-refractivity contribution in [1.29, 1.82) is 0 Å². The summed E-state index contributed by atoms with van der Waals surface area (Å²) >= 11 is 0. The van der Waals surface area contributed by atoms with Gasteiger partial charge in [-0.25, -0.2) is 0 Å². The maximum Gasteiger partial charge on any atom is 0.490 e. The van der Waals surface area contributed by atoms with Crippen molar-refractivity contribution in [1.82, 2.24) is 0 Å². The van der Waals surface area contributed by atoms with Crippen LogP contribution in [0.4, 0.5) is 0 Å². The zero-order valence-corrected chi connectivity index (χ0v) is 15.2. The number of rotatable bonds is 5. The maximum atomic E-state index is 6.28. The quantitative estimate of drug-likeness (QED) is 0.494. The van der Waals surface area contributed by atoms with Gasteiger partial charge in [-0.15, -0.1) is 0 Å². The van der Waals surface area contributed by atoms with Crippen LogP contribution >= 0.6 is 0 Å². The molecule has 2 rings (SSSR count). The summed E-state index contributed by atoms with van der Waals surface area (Å²) in [7, 11) is -0.169. The summed E-state index contributed by atoms with van der Waals surface area (Å²) in [6, 6.07) is 0. The van der Waals surface area contributed by atoms with Crippen molar-refractivity contribution in [2.75, 3.05) is 0 Å². The highest BCUT2D eigenvalue weighted by Crippen LogP contribution is 2.40. The SMILES string of the molecule is C/C=C\CC/C(=C\C1CCCCC1)B1OC(C)(C)C(C)(C)O1. The second-order valence-corrected chi connectivity index (χ2v) is 7.84. The van der Waals surface area contributed by atoms with Crippen molar-refractivity contribution in [2.45, 2.75) is 90.8 Å². The third-order valence-corrected chi connectivity index (χ3v) is 5.49. The Hall–Kier alpha value is -0.535. The highest BCUT2D eigenvalue weighted by molar-refractivity contribution is 6.54. The van der Waals surface area contributed by atoms with Gasteiger partial charge in [0.25, 0.3) is 0 Å². The first-order chi connectivity index (χ1) is 10.4. The highest BCUT2D eigenvalue weighted by Gasteiger charge is 2.52. The van der Waals surface area contributed by atoms with Crippen molar-refractivity contribution in [3.8, 4) is 0 Å². The minimum absolute atomic E-state index is 0.169. The van der Waals surface area contributed by atoms with Crippen molar-refractivity contribution in [3.05, 3.63) is 23.7 Å². The van der Waals surface area contributed by atoms with Crippen LogP contribution < -0.4 is 0 Å². The molecule has 0 N–H and O–H groups in total. The molecule has 0 aromatic rings. The second kappa shape index (κ2) is 7.36. The van der Waals surface area contributed by atoms with Gasteiger partial charge in [-0.05, 0) is 71.7 Å². The van der Waals surface area contributed by atoms with Gasteiger partial charge in [0.15, 0.2) is 0 Å². The van der Waals surface area contributed by atoms with Gasteiger partial charge in [0.1, 0.15) is 0 Å². The summed E-state index contributed by atoms with van der Waals surface area (Å²) in [5, 5.41) is 0. The monoisotopic (exact) mass is 304 g/mol. The summed E-state index contributed by atoms with van der Waals surface area (Å²) < 4.78 is 12.6. The largest absolute Gasteiger partial charge is 0.490 e. The van der Waals surface area contributed by atoms with Gasteiger partial charge in [0.2, 0.25) is 0 Å². The molecule has 2 aliphatic rings. The van der Waals surface area contributed by atoms with E-state index in [2.05, 4.69) is 52.8 Å². The lowest BCUT2D eigenvalue weighted by atomic mass is 9.72. The van der Waals surface area contributed by atoms with E-state index < -0.39 is 0 Å². The average molecular weight is 304 g/mol. The number of hydrogen-bond acceptors (Lipinski definition) is 2. The highest BCUT2D eigenvalue weighted by atomic mass is 16.7. The number of allylic oxidation sites excluding steroid dienone is 4. The molecule has 1 saturated heterocycles. The van der Waals surface area contributed by atoms with Gasteiger partial charge < -0.3 is 9.31 Å². The molecule has 0 spiro atoms. The molecule has 1 heterocycles. The van der Waals surface area contributed by atoms with Crippen LogP contribution in [-0.4, -0.2) is 18.3 Å². The molecular weight excluding hydrogens is 271 g/mol. The molecule has 2 nitrogen and oxygen atoms in total. The fourth-order valence-electron chi connectivity index (χ4n) is 3.29. The molecule has 0 atom stereocenters. The average Bonchev–Trinajstić information content (AvgIpc) is 2.68. The molecule has 0 aromatic carbocycles. The fourth-order valence-corrected chi connectivity index (χ4v) is 3.29. The summed E-state index contributed by atoms with van der Waals surface area (Å²) in [6.07, 6.45) is 15.7. The van der Waals surface area contributed by atoms with Crippen LogP contribution in [0.15, 0.2) is 23.7 Å². The van der Waals surface area contributed by atoms with Gasteiger partial charge in [0, 0.05) is 0 Å². The van der Waals surface area contributed by atoms with E-state index in [1.54, 1.807) is 0 Å². The van der Waals surface area contributed by atoms with E-state index in [0.29, 0.717) is 5.92 Å². The fraction of sp³-hybridized carbons (Fsp3) is 0.789. The van der Waals surface area contributed by atoms with Gasteiger partial charge in [-0.2, -0.15) is 0 Å². The van der Waals surface area contributed by atoms with E-state index >= 15 is 0 Å². The van der Waals surface area contributed by atoms with Crippen molar-refractivity contribution < 1.29 is 9.31 Å². The van der Waals surface area contributed by atoms with E-state index in [9.17, 15) is 0 Å². The Bertz CT molecular complexity index is 401. The van der Waals surface area contributed by atoms with E-state index in [-0.39, 0.29) is 18.3 Å². The lowest BCUT2D eigenvalue weighted by Crippen LogP contribution is -2.41. The van der Waals surface area contributed by atoms with Crippen molar-refractivity contribution in [2.24, 2.45) is 5.92 Å². The molecule has 1 aliphatic heterocycles. The van der Waals surface area contributed by atoms with Gasteiger partial charge in [-0.1, -0.05) is 37.5 Å². The molecule has 0 radical (unpaired) electrons. The Labute approximate surface area is 137 Å². The molecule has 3 heteroatoms. The number of hydrogen-bond donors (Lipinski definition) is 0. The van der Waals surface area contributed by atoms with Crippen molar-refractivity contribution >= 4 is 7.12 Å². The lowest BCUT2D eigenvalue weighted by Gasteiger charge is -2.32. The van der Waals surface area contributed by atoms with Gasteiger partial charge in [-0.3, -0.25) is 0 Å². The van der Waals surface area contributed by atoms with E-state index in [1.807, 2.05) is 0 Å². The lowest BCUT2D eigenvalue weighted by molar-refractivity contribution is 0.00578. The minimum atomic E-state index is -0.246. The van der Waals surface area contributed by atoms with Crippen LogP contribution in [0, 0.1) is 5.92 Å². The zero-order valence-electron chi connectivity index (χ0n) is 15.2. The molecule has 22 heavy (non-hydrogen) atoms. The molecule has 1 saturated carbocycles. The smallest absolute Gasteiger partial charge is 0.400 e. The molecule has 0 unspecified atom stereocenters. The molecule has 0 aromatic heterocycles. The van der Waals surface area contributed by atoms with Gasteiger partial charge >= 0.3 is 7.12 Å². The molecule has 2 fully saturated rings. The van der Waals surface area contributed by atoms with Crippen LogP contribution in [0.3, 0.4) is 0 Å². The van der Waals surface area contributed by atoms with Gasteiger partial charge in [0.05, 0.1) is 11.2 Å². The topological polar surface area (TPSA) is 18.5 Å². The third-order valence-electron chi connectivity index (χ3n) is 5.49. The predicted molar refractivity (Wildman–Crippen MR) is 94.8 cm³/mol. The van der Waals surface area contributed by atoms with Crippen LogP contribution in [0.2, 0.25) is 0 Å². The molecule has 124 valence electrons. The van der Waals surface area contributed by atoms with Crippen molar-refractivity contribution in [3.63, 3.8) is 0 Å². The Kier molecular flexibility index (Phi) is 5.96. The first-order valence-corrected chi connectivity index (χ1v) is 9.03. The maximum absolute atomic E-state index is 6.28. The Morgan fingerprint density at radius 2 is 1.64 bits per heavy atom. The summed E-state index contributed by atoms with van der Waals surface area (Å²) in [5.74, 6) is 0.716. The Balaban J connectivity index is 2.12. The summed E-state index contributed by atoms with van der Waals surface area (Å²) in [6.45, 7) is 10.6. The normalized spacial score (nSPS) is 26.0. The van der Waals surface area contributed by atoms with E-state index in [4.69, 9.17) is 9.31 Å². The van der Waals surface area contributed by atoms with Crippen LogP contribution in [-0.2, 0) is 9.31 Å². The molecular formula is C19H33BO2. The Morgan fingerprint density at radius 3 is 2.18 bits per heavy atom. The van der Waals surface area contributed by atoms with Crippen LogP contribution in [0.5, 0.6) is 0 Å². The van der Waals surface area contributed by atoms with E-state index in [0.717, 1.165) is 12.8 Å². The first-order valence-electron chi connectivity index (χ1n) is 9.03. The minimum Gasteiger partial charge on any atom is -0.400 e. The standard InChI is InChI=1S/C19H33BO2/c1-6-7-9-14-17(15-16-12-10-8-11-13-16)20-21-18(2,3)19(4,5)22-20/h6-7,15-16H,8-14H2,1-5H3/b7-6-,17-15+. The van der Waals surface area contributed by atoms with E-state index in [1.165, 1.54) is 37.6 Å². The first kappa shape index (κ1) is 17.8. The summed E-state index contributed by atoms with van der Waals surface area (Å²) in [5.41, 5.74) is 0.858. The molecule has 0 bridgehead atoms. The molecule has 1 aliphatic carbocycles. The van der Waals surface area contributed by atoms with Crippen LogP contribution in [0.1, 0.15) is 79.6 Å². The van der Waals surface area contributed by atoms with Crippen LogP contribution in [0.25, 0.3) is 0 Å². The summed E-state index contributed by atoms with van der Waals surface area (Å²) in [4.78, 5) is 0. The zero-order chi connectivity index (χ0) is 16.2.